The fraction of sp³-hybridized carbons (Fsp3) is 0.867. The molecule has 0 spiro atoms. The molecule has 4 nitrogen and oxygen atoms in total. The molecule has 0 heterocycles. The highest BCUT2D eigenvalue weighted by Gasteiger charge is 2.27. The van der Waals surface area contributed by atoms with E-state index >= 15 is 0 Å². The van der Waals surface area contributed by atoms with Crippen molar-refractivity contribution in [3.8, 4) is 0 Å². The van der Waals surface area contributed by atoms with Crippen LogP contribution in [-0.2, 0) is 19.1 Å². The standard InChI is InChI=1S/C15H28O4/c1-10(14(3,4)5)18-12(16)9-13(17)19-11(2)15(6,7)8/h10-11H,9H2,1-8H3. The van der Waals surface area contributed by atoms with Crippen LogP contribution in [0.4, 0.5) is 0 Å². The van der Waals surface area contributed by atoms with E-state index < -0.39 is 11.9 Å². The van der Waals surface area contributed by atoms with Crippen LogP contribution < -0.4 is 0 Å². The van der Waals surface area contributed by atoms with Gasteiger partial charge in [-0.05, 0) is 24.7 Å². The Bertz CT molecular complexity index is 288. The maximum absolute atomic E-state index is 11.6. The van der Waals surface area contributed by atoms with E-state index in [1.165, 1.54) is 0 Å². The summed E-state index contributed by atoms with van der Waals surface area (Å²) in [6.07, 6.45) is -0.818. The van der Waals surface area contributed by atoms with E-state index in [9.17, 15) is 9.59 Å². The number of esters is 2. The van der Waals surface area contributed by atoms with Crippen LogP contribution >= 0.6 is 0 Å². The van der Waals surface area contributed by atoms with Crippen LogP contribution in [0.15, 0.2) is 0 Å². The summed E-state index contributed by atoms with van der Waals surface area (Å²) in [5, 5.41) is 0. The molecule has 0 aliphatic rings. The Hall–Kier alpha value is -1.06. The summed E-state index contributed by atoms with van der Waals surface area (Å²) in [7, 11) is 0. The van der Waals surface area contributed by atoms with Crippen molar-refractivity contribution >= 4 is 11.9 Å². The largest absolute Gasteiger partial charge is 0.462 e. The van der Waals surface area contributed by atoms with E-state index in [0.29, 0.717) is 0 Å². The molecule has 0 N–H and O–H groups in total. The first kappa shape index (κ1) is 17.9. The molecule has 2 atom stereocenters. The smallest absolute Gasteiger partial charge is 0.317 e. The number of carbonyl (C=O) groups excluding carboxylic acids is 2. The van der Waals surface area contributed by atoms with Gasteiger partial charge in [0.05, 0.1) is 0 Å². The van der Waals surface area contributed by atoms with E-state index in [0.717, 1.165) is 0 Å². The van der Waals surface area contributed by atoms with Crippen LogP contribution in [0.3, 0.4) is 0 Å². The lowest BCUT2D eigenvalue weighted by Gasteiger charge is -2.28. The molecule has 0 rings (SSSR count). The summed E-state index contributed by atoms with van der Waals surface area (Å²) < 4.78 is 10.4. The molecule has 0 fully saturated rings. The average Bonchev–Trinajstić information content (AvgIpc) is 2.13. The van der Waals surface area contributed by atoms with Crippen LogP contribution in [0.25, 0.3) is 0 Å². The zero-order valence-electron chi connectivity index (χ0n) is 13.5. The molecule has 0 saturated carbocycles. The van der Waals surface area contributed by atoms with Crippen molar-refractivity contribution in [3.05, 3.63) is 0 Å². The highest BCUT2D eigenvalue weighted by atomic mass is 16.6. The van der Waals surface area contributed by atoms with Crippen LogP contribution in [0, 0.1) is 10.8 Å². The second kappa shape index (κ2) is 6.40. The summed E-state index contributed by atoms with van der Waals surface area (Å²) in [6, 6.07) is 0. The molecule has 19 heavy (non-hydrogen) atoms. The van der Waals surface area contributed by atoms with Gasteiger partial charge in [0.1, 0.15) is 18.6 Å². The third kappa shape index (κ3) is 7.19. The molecule has 0 bridgehead atoms. The van der Waals surface area contributed by atoms with E-state index in [-0.39, 0.29) is 29.5 Å². The first-order valence-corrected chi connectivity index (χ1v) is 6.73. The Morgan fingerprint density at radius 1 is 0.789 bits per heavy atom. The minimum absolute atomic E-state index is 0.141. The Morgan fingerprint density at radius 3 is 1.26 bits per heavy atom. The lowest BCUT2D eigenvalue weighted by Crippen LogP contribution is -2.32. The highest BCUT2D eigenvalue weighted by molar-refractivity contribution is 5.91. The predicted molar refractivity (Wildman–Crippen MR) is 74.6 cm³/mol. The van der Waals surface area contributed by atoms with Crippen molar-refractivity contribution in [3.63, 3.8) is 0 Å². The lowest BCUT2D eigenvalue weighted by molar-refractivity contribution is -0.164. The van der Waals surface area contributed by atoms with Crippen molar-refractivity contribution in [2.75, 3.05) is 0 Å². The second-order valence-electron chi connectivity index (χ2n) is 7.17. The number of rotatable bonds is 4. The first-order valence-electron chi connectivity index (χ1n) is 6.73. The molecule has 0 aliphatic heterocycles. The van der Waals surface area contributed by atoms with Crippen molar-refractivity contribution in [1.29, 1.82) is 0 Å². The minimum Gasteiger partial charge on any atom is -0.462 e. The van der Waals surface area contributed by atoms with Crippen LogP contribution in [0.1, 0.15) is 61.8 Å². The fourth-order valence-electron chi connectivity index (χ4n) is 0.949. The van der Waals surface area contributed by atoms with Gasteiger partial charge in [0.15, 0.2) is 0 Å². The fourth-order valence-corrected chi connectivity index (χ4v) is 0.949. The Labute approximate surface area is 116 Å². The first-order chi connectivity index (χ1) is 8.34. The van der Waals surface area contributed by atoms with Gasteiger partial charge < -0.3 is 9.47 Å². The molecule has 0 amide bonds. The molecule has 4 heteroatoms. The molecule has 112 valence electrons. The molecule has 0 aromatic heterocycles. The van der Waals surface area contributed by atoms with Crippen LogP contribution in [-0.4, -0.2) is 24.1 Å². The van der Waals surface area contributed by atoms with Gasteiger partial charge in [0, 0.05) is 0 Å². The third-order valence-electron chi connectivity index (χ3n) is 3.34. The summed E-state index contributed by atoms with van der Waals surface area (Å²) in [5.74, 6) is -1.07. The Morgan fingerprint density at radius 2 is 1.05 bits per heavy atom. The van der Waals surface area contributed by atoms with E-state index in [1.807, 2.05) is 55.4 Å². The van der Waals surface area contributed by atoms with E-state index in [2.05, 4.69) is 0 Å². The monoisotopic (exact) mass is 272 g/mol. The molecule has 0 aromatic rings. The average molecular weight is 272 g/mol. The molecule has 0 saturated heterocycles. The summed E-state index contributed by atoms with van der Waals surface area (Å²) >= 11 is 0. The third-order valence-corrected chi connectivity index (χ3v) is 3.34. The molecule has 2 unspecified atom stereocenters. The summed E-state index contributed by atoms with van der Waals surface area (Å²) in [6.45, 7) is 15.5. The quantitative estimate of drug-likeness (QED) is 0.582. The Kier molecular flexibility index (Phi) is 6.04. The minimum atomic E-state index is -0.534. The van der Waals surface area contributed by atoms with Gasteiger partial charge in [-0.15, -0.1) is 0 Å². The second-order valence-corrected chi connectivity index (χ2v) is 7.17. The van der Waals surface area contributed by atoms with Crippen molar-refractivity contribution in [1.82, 2.24) is 0 Å². The molecular weight excluding hydrogens is 244 g/mol. The predicted octanol–water partition coefficient (Wildman–Crippen LogP) is 3.33. The van der Waals surface area contributed by atoms with Crippen LogP contribution in [0.2, 0.25) is 0 Å². The number of hydrogen-bond donors (Lipinski definition) is 0. The van der Waals surface area contributed by atoms with E-state index in [1.54, 1.807) is 0 Å². The van der Waals surface area contributed by atoms with Crippen molar-refractivity contribution in [2.45, 2.75) is 74.0 Å². The van der Waals surface area contributed by atoms with Gasteiger partial charge in [0.25, 0.3) is 0 Å². The summed E-state index contributed by atoms with van der Waals surface area (Å²) in [5.41, 5.74) is -0.281. The van der Waals surface area contributed by atoms with Gasteiger partial charge >= 0.3 is 11.9 Å². The van der Waals surface area contributed by atoms with Gasteiger partial charge in [-0.3, -0.25) is 9.59 Å². The van der Waals surface area contributed by atoms with Crippen molar-refractivity contribution in [2.24, 2.45) is 10.8 Å². The van der Waals surface area contributed by atoms with Gasteiger partial charge in [0.2, 0.25) is 0 Å². The molecular formula is C15H28O4. The summed E-state index contributed by atoms with van der Waals surface area (Å²) in [4.78, 5) is 23.2. The molecule has 0 aromatic carbocycles. The number of ether oxygens (including phenoxy) is 2. The zero-order valence-corrected chi connectivity index (χ0v) is 13.5. The molecule has 0 aliphatic carbocycles. The van der Waals surface area contributed by atoms with Gasteiger partial charge in [-0.25, -0.2) is 0 Å². The normalized spacial score (nSPS) is 15.6. The lowest BCUT2D eigenvalue weighted by atomic mass is 9.90. The number of carbonyl (C=O) groups is 2. The Balaban J connectivity index is 4.25. The zero-order chi connectivity index (χ0) is 15.4. The van der Waals surface area contributed by atoms with E-state index in [4.69, 9.17) is 9.47 Å². The van der Waals surface area contributed by atoms with Crippen LogP contribution in [0.5, 0.6) is 0 Å². The maximum Gasteiger partial charge on any atom is 0.317 e. The van der Waals surface area contributed by atoms with Gasteiger partial charge in [-0.2, -0.15) is 0 Å². The molecule has 0 radical (unpaired) electrons. The van der Waals surface area contributed by atoms with Gasteiger partial charge in [-0.1, -0.05) is 41.5 Å². The maximum atomic E-state index is 11.6. The highest BCUT2D eigenvalue weighted by Crippen LogP contribution is 2.23. The number of hydrogen-bond acceptors (Lipinski definition) is 4. The van der Waals surface area contributed by atoms with Crippen molar-refractivity contribution < 1.29 is 19.1 Å². The topological polar surface area (TPSA) is 52.6 Å². The SMILES string of the molecule is CC(OC(=O)CC(=O)OC(C)C(C)(C)C)C(C)(C)C.